The number of nitrogens with zero attached hydrogens (tertiary/aromatic N) is 1. The van der Waals surface area contributed by atoms with Gasteiger partial charge in [0.25, 0.3) is 0 Å². The van der Waals surface area contributed by atoms with Gasteiger partial charge in [-0.25, -0.2) is 0 Å². The van der Waals surface area contributed by atoms with Crippen LogP contribution in [-0.4, -0.2) is 41.8 Å². The summed E-state index contributed by atoms with van der Waals surface area (Å²) in [5.41, 5.74) is 5.35. The minimum Gasteiger partial charge on any atom is -0.462 e. The minimum atomic E-state index is -1.22. The molecule has 1 heterocycles. The number of esters is 1. The summed E-state index contributed by atoms with van der Waals surface area (Å²) in [5, 5.41) is 25.0. The molecule has 2 aromatic carbocycles. The summed E-state index contributed by atoms with van der Waals surface area (Å²) in [7, 11) is 0. The fraction of sp³-hybridized carbons (Fsp3) is 0.400. The number of primary amides is 1. The van der Waals surface area contributed by atoms with Crippen molar-refractivity contribution in [3.05, 3.63) is 69.7 Å². The Balaban J connectivity index is 2.10. The summed E-state index contributed by atoms with van der Waals surface area (Å²) < 4.78 is 5.37. The molecule has 0 saturated carbocycles. The van der Waals surface area contributed by atoms with Crippen molar-refractivity contribution in [3.63, 3.8) is 0 Å². The van der Waals surface area contributed by atoms with Crippen molar-refractivity contribution in [1.82, 2.24) is 5.32 Å². The van der Waals surface area contributed by atoms with Crippen LogP contribution in [0.1, 0.15) is 37.3 Å². The van der Waals surface area contributed by atoms with Gasteiger partial charge in [-0.2, -0.15) is 5.26 Å². The Bertz CT molecular complexity index is 1090. The van der Waals surface area contributed by atoms with Gasteiger partial charge >= 0.3 is 5.97 Å². The molecule has 0 aliphatic carbocycles. The van der Waals surface area contributed by atoms with E-state index in [9.17, 15) is 20.0 Å². The number of hydrogen-bond donors (Lipinski definition) is 3. The van der Waals surface area contributed by atoms with E-state index in [0.717, 1.165) is 0 Å². The van der Waals surface area contributed by atoms with E-state index in [1.165, 1.54) is 0 Å². The highest BCUT2D eigenvalue weighted by atomic mass is 35.5. The number of halogens is 2. The largest absolute Gasteiger partial charge is 0.462 e. The number of ether oxygens (including phenoxy) is 1. The van der Waals surface area contributed by atoms with Crippen LogP contribution < -0.4 is 11.1 Å². The number of nitrogens with one attached hydrogen (secondary N) is 1. The van der Waals surface area contributed by atoms with Crippen LogP contribution in [-0.2, 0) is 19.7 Å². The van der Waals surface area contributed by atoms with Crippen LogP contribution in [0.5, 0.6) is 0 Å². The Morgan fingerprint density at radius 2 is 1.88 bits per heavy atom. The van der Waals surface area contributed by atoms with Crippen LogP contribution in [0.4, 0.5) is 0 Å². The number of nitrogens with two attached hydrogens (primary N) is 1. The highest BCUT2D eigenvalue weighted by Crippen LogP contribution is 2.51. The van der Waals surface area contributed by atoms with E-state index in [1.807, 2.05) is 19.9 Å². The number of amides is 1. The summed E-state index contributed by atoms with van der Waals surface area (Å²) in [6, 6.07) is 15.3. The summed E-state index contributed by atoms with van der Waals surface area (Å²) >= 11 is 12.4. The van der Waals surface area contributed by atoms with Crippen LogP contribution in [0.3, 0.4) is 0 Å². The number of rotatable bonds is 8. The Kier molecular flexibility index (Phi) is 8.21. The molecule has 2 aromatic rings. The standard InChI is InChI=1S/C25H27Cl2N3O4/c1-14(2)23-25(13-28,16-6-8-17(26)9-7-16)21(15-4-3-5-18(27)10-15)22(30-23)24(33)34-12-19(31)11-20(29)32/h3-10,14,19,21-23,30-31H,11-12H2,1-2H3,(H2,29,32)/t19-,21-,22+,23-,25+/m0/s1. The van der Waals surface area contributed by atoms with E-state index in [1.54, 1.807) is 42.5 Å². The van der Waals surface area contributed by atoms with E-state index in [4.69, 9.17) is 33.7 Å². The molecule has 0 bridgehead atoms. The molecule has 1 saturated heterocycles. The van der Waals surface area contributed by atoms with Crippen molar-refractivity contribution in [1.29, 1.82) is 5.26 Å². The van der Waals surface area contributed by atoms with Crippen molar-refractivity contribution >= 4 is 35.1 Å². The molecular weight excluding hydrogens is 477 g/mol. The maximum Gasteiger partial charge on any atom is 0.323 e. The van der Waals surface area contributed by atoms with E-state index in [0.29, 0.717) is 21.2 Å². The second kappa shape index (κ2) is 10.7. The lowest BCUT2D eigenvalue weighted by Crippen LogP contribution is -2.45. The lowest BCUT2D eigenvalue weighted by molar-refractivity contribution is -0.150. The summed E-state index contributed by atoms with van der Waals surface area (Å²) in [5.74, 6) is -2.04. The molecule has 1 amide bonds. The van der Waals surface area contributed by atoms with Crippen LogP contribution in [0.25, 0.3) is 0 Å². The maximum atomic E-state index is 13.3. The van der Waals surface area contributed by atoms with Gasteiger partial charge in [-0.15, -0.1) is 0 Å². The van der Waals surface area contributed by atoms with Gasteiger partial charge in [-0.05, 0) is 41.3 Å². The third kappa shape index (κ3) is 5.21. The average molecular weight is 504 g/mol. The van der Waals surface area contributed by atoms with Crippen molar-refractivity contribution in [3.8, 4) is 6.07 Å². The Morgan fingerprint density at radius 1 is 1.21 bits per heavy atom. The smallest absolute Gasteiger partial charge is 0.323 e. The molecule has 1 fully saturated rings. The van der Waals surface area contributed by atoms with Gasteiger partial charge in [-0.3, -0.25) is 14.9 Å². The van der Waals surface area contributed by atoms with Crippen LogP contribution in [0, 0.1) is 17.2 Å². The molecule has 5 atom stereocenters. The van der Waals surface area contributed by atoms with E-state index in [2.05, 4.69) is 11.4 Å². The topological polar surface area (TPSA) is 125 Å². The molecule has 0 aromatic heterocycles. The Morgan fingerprint density at radius 3 is 2.44 bits per heavy atom. The van der Waals surface area contributed by atoms with Gasteiger partial charge in [0, 0.05) is 22.0 Å². The zero-order valence-electron chi connectivity index (χ0n) is 18.9. The zero-order valence-corrected chi connectivity index (χ0v) is 20.4. The number of carbonyl (C=O) groups is 2. The van der Waals surface area contributed by atoms with Gasteiger partial charge in [0.1, 0.15) is 18.1 Å². The fourth-order valence-electron chi connectivity index (χ4n) is 4.80. The number of benzene rings is 2. The first kappa shape index (κ1) is 26.0. The molecule has 34 heavy (non-hydrogen) atoms. The number of aliphatic hydroxyl groups excluding tert-OH is 1. The van der Waals surface area contributed by atoms with Gasteiger partial charge < -0.3 is 15.6 Å². The van der Waals surface area contributed by atoms with Gasteiger partial charge in [0.2, 0.25) is 5.91 Å². The minimum absolute atomic E-state index is 0.0322. The molecule has 7 nitrogen and oxygen atoms in total. The van der Waals surface area contributed by atoms with E-state index >= 15 is 0 Å². The van der Waals surface area contributed by atoms with Gasteiger partial charge in [0.05, 0.1) is 18.6 Å². The lowest BCUT2D eigenvalue weighted by Gasteiger charge is -2.36. The highest BCUT2D eigenvalue weighted by Gasteiger charge is 2.60. The van der Waals surface area contributed by atoms with Crippen molar-refractivity contribution in [2.24, 2.45) is 11.7 Å². The summed E-state index contributed by atoms with van der Waals surface area (Å²) in [6.45, 7) is 3.55. The molecule has 3 rings (SSSR count). The number of carbonyl (C=O) groups excluding carboxylic acids is 2. The van der Waals surface area contributed by atoms with Gasteiger partial charge in [0.15, 0.2) is 0 Å². The molecule has 1 aliphatic heterocycles. The highest BCUT2D eigenvalue weighted by molar-refractivity contribution is 6.30. The lowest BCUT2D eigenvalue weighted by atomic mass is 9.63. The predicted octanol–water partition coefficient (Wildman–Crippen LogP) is 3.31. The number of nitriles is 1. The van der Waals surface area contributed by atoms with Gasteiger partial charge in [-0.1, -0.05) is 61.3 Å². The first-order valence-corrected chi connectivity index (χ1v) is 11.7. The molecular formula is C25H27Cl2N3O4. The Labute approximate surface area is 208 Å². The molecule has 0 spiro atoms. The summed E-state index contributed by atoms with van der Waals surface area (Å²) in [4.78, 5) is 24.3. The average Bonchev–Trinajstić information content (AvgIpc) is 3.14. The second-order valence-corrected chi connectivity index (χ2v) is 9.71. The number of hydrogen-bond acceptors (Lipinski definition) is 6. The Hall–Kier alpha value is -2.63. The first-order valence-electron chi connectivity index (χ1n) is 10.9. The first-order chi connectivity index (χ1) is 16.1. The maximum absolute atomic E-state index is 13.3. The third-order valence-electron chi connectivity index (χ3n) is 6.16. The van der Waals surface area contributed by atoms with Crippen LogP contribution in [0.15, 0.2) is 48.5 Å². The van der Waals surface area contributed by atoms with Crippen molar-refractivity contribution in [2.75, 3.05) is 6.61 Å². The molecule has 0 unspecified atom stereocenters. The molecule has 0 radical (unpaired) electrons. The van der Waals surface area contributed by atoms with Crippen molar-refractivity contribution < 1.29 is 19.4 Å². The van der Waals surface area contributed by atoms with Crippen LogP contribution in [0.2, 0.25) is 10.0 Å². The third-order valence-corrected chi connectivity index (χ3v) is 6.65. The second-order valence-electron chi connectivity index (χ2n) is 8.84. The fourth-order valence-corrected chi connectivity index (χ4v) is 5.13. The quantitative estimate of drug-likeness (QED) is 0.474. The molecule has 9 heteroatoms. The molecule has 180 valence electrons. The van der Waals surface area contributed by atoms with E-state index < -0.39 is 48.0 Å². The van der Waals surface area contributed by atoms with Crippen molar-refractivity contribution in [2.45, 2.75) is 49.8 Å². The van der Waals surface area contributed by atoms with E-state index in [-0.39, 0.29) is 12.3 Å². The van der Waals surface area contributed by atoms with Crippen LogP contribution >= 0.6 is 23.2 Å². The predicted molar refractivity (Wildman–Crippen MR) is 129 cm³/mol. The molecule has 1 aliphatic rings. The normalized spacial score (nSPS) is 25.0. The summed E-state index contributed by atoms with van der Waals surface area (Å²) in [6.07, 6.45) is -1.55. The SMILES string of the molecule is CC(C)[C@@H]1N[C@@H](C(=O)OC[C@@H](O)CC(N)=O)[C@H](c2cccc(Cl)c2)[C@@]1(C#N)c1ccc(Cl)cc1. The zero-order chi connectivity index (χ0) is 25.0. The monoisotopic (exact) mass is 503 g/mol. The molecule has 4 N–H and O–H groups in total. The number of aliphatic hydroxyl groups is 1.